The molecule has 0 aliphatic rings. The van der Waals surface area contributed by atoms with Gasteiger partial charge in [-0.15, -0.1) is 0 Å². The molecule has 0 saturated carbocycles. The summed E-state index contributed by atoms with van der Waals surface area (Å²) in [5.74, 6) is 1.52. The largest absolute Gasteiger partial charge is 0.493 e. The summed E-state index contributed by atoms with van der Waals surface area (Å²) in [6.07, 6.45) is 5.10. The van der Waals surface area contributed by atoms with Crippen LogP contribution in [0.5, 0.6) is 5.75 Å². The third-order valence-corrected chi connectivity index (χ3v) is 3.61. The second-order valence-electron chi connectivity index (χ2n) is 5.46. The van der Waals surface area contributed by atoms with Crippen LogP contribution in [-0.2, 0) is 11.2 Å². The van der Waals surface area contributed by atoms with Crippen LogP contribution in [0.25, 0.3) is 17.4 Å². The molecule has 0 spiro atoms. The van der Waals surface area contributed by atoms with Crippen molar-refractivity contribution in [3.8, 4) is 17.1 Å². The van der Waals surface area contributed by atoms with Gasteiger partial charge in [0, 0.05) is 11.6 Å². The van der Waals surface area contributed by atoms with Gasteiger partial charge in [0.25, 0.3) is 5.91 Å². The highest BCUT2D eigenvalue weighted by Gasteiger charge is 2.07. The number of hydrogen-bond donors (Lipinski definition) is 2. The van der Waals surface area contributed by atoms with Gasteiger partial charge in [0.05, 0.1) is 19.2 Å². The molecule has 1 amide bonds. The first-order valence-electron chi connectivity index (χ1n) is 8.10. The number of benzene rings is 2. The Morgan fingerprint density at radius 2 is 1.92 bits per heavy atom. The number of carbonyl (C=O) groups excluding carboxylic acids is 1. The van der Waals surface area contributed by atoms with Crippen molar-refractivity contribution in [1.29, 1.82) is 0 Å². The Morgan fingerprint density at radius 3 is 2.65 bits per heavy atom. The fourth-order valence-electron chi connectivity index (χ4n) is 2.30. The molecule has 6 nitrogen and oxygen atoms in total. The van der Waals surface area contributed by atoms with E-state index in [-0.39, 0.29) is 0 Å². The van der Waals surface area contributed by atoms with Crippen molar-refractivity contribution < 1.29 is 19.2 Å². The topological polar surface area (TPSA) is 84.6 Å². The van der Waals surface area contributed by atoms with Gasteiger partial charge in [-0.05, 0) is 23.8 Å². The third kappa shape index (κ3) is 4.81. The second kappa shape index (κ2) is 8.64. The number of rotatable bonds is 7. The van der Waals surface area contributed by atoms with E-state index in [0.29, 0.717) is 24.7 Å². The molecule has 6 heteroatoms. The predicted octanol–water partition coefficient (Wildman–Crippen LogP) is 3.48. The van der Waals surface area contributed by atoms with E-state index in [0.717, 1.165) is 16.9 Å². The molecule has 0 radical (unpaired) electrons. The number of aromatic nitrogens is 1. The molecular formula is C20H18N2O4. The molecule has 0 bridgehead atoms. The number of hydroxylamine groups is 1. The van der Waals surface area contributed by atoms with E-state index in [1.807, 2.05) is 54.6 Å². The third-order valence-electron chi connectivity index (χ3n) is 3.61. The van der Waals surface area contributed by atoms with Crippen LogP contribution in [0.4, 0.5) is 0 Å². The molecule has 0 atom stereocenters. The average Bonchev–Trinajstić information content (AvgIpc) is 3.16. The van der Waals surface area contributed by atoms with Crippen LogP contribution in [0.2, 0.25) is 0 Å². The summed E-state index contributed by atoms with van der Waals surface area (Å²) in [7, 11) is 0. The van der Waals surface area contributed by atoms with Crippen LogP contribution in [0.15, 0.2) is 71.3 Å². The lowest BCUT2D eigenvalue weighted by Crippen LogP contribution is -2.14. The first kappa shape index (κ1) is 17.4. The fraction of sp³-hybridized carbons (Fsp3) is 0.100. The lowest BCUT2D eigenvalue weighted by atomic mass is 10.1. The summed E-state index contributed by atoms with van der Waals surface area (Å²) < 4.78 is 11.4. The Kier molecular flexibility index (Phi) is 5.80. The lowest BCUT2D eigenvalue weighted by molar-refractivity contribution is -0.124. The van der Waals surface area contributed by atoms with Crippen molar-refractivity contribution in [2.75, 3.05) is 6.61 Å². The zero-order valence-electron chi connectivity index (χ0n) is 14.0. The van der Waals surface area contributed by atoms with Gasteiger partial charge in [0.2, 0.25) is 0 Å². The number of hydrogen-bond acceptors (Lipinski definition) is 5. The van der Waals surface area contributed by atoms with Crippen LogP contribution in [0.3, 0.4) is 0 Å². The van der Waals surface area contributed by atoms with E-state index in [9.17, 15) is 4.79 Å². The molecule has 0 aliphatic carbocycles. The monoisotopic (exact) mass is 350 g/mol. The lowest BCUT2D eigenvalue weighted by Gasteiger charge is -2.03. The fourth-order valence-corrected chi connectivity index (χ4v) is 2.30. The van der Waals surface area contributed by atoms with Crippen LogP contribution in [-0.4, -0.2) is 22.7 Å². The molecule has 0 unspecified atom stereocenters. The summed E-state index contributed by atoms with van der Waals surface area (Å²) in [5, 5.41) is 8.46. The van der Waals surface area contributed by atoms with Crippen LogP contribution in [0.1, 0.15) is 11.5 Å². The maximum atomic E-state index is 11.0. The Balaban J connectivity index is 1.57. The van der Waals surface area contributed by atoms with Crippen molar-refractivity contribution in [1.82, 2.24) is 10.5 Å². The molecule has 0 aliphatic heterocycles. The normalized spacial score (nSPS) is 10.8. The van der Waals surface area contributed by atoms with E-state index < -0.39 is 5.91 Å². The van der Waals surface area contributed by atoms with E-state index in [1.165, 1.54) is 6.08 Å². The number of oxazole rings is 1. The number of amides is 1. The molecule has 2 N–H and O–H groups in total. The number of para-hydroxylation sites is 1. The minimum atomic E-state index is -0.577. The minimum Gasteiger partial charge on any atom is -0.493 e. The van der Waals surface area contributed by atoms with Gasteiger partial charge < -0.3 is 9.15 Å². The first-order chi connectivity index (χ1) is 12.7. The molecule has 26 heavy (non-hydrogen) atoms. The zero-order valence-corrected chi connectivity index (χ0v) is 14.0. The van der Waals surface area contributed by atoms with Gasteiger partial charge in [-0.25, -0.2) is 10.5 Å². The molecule has 132 valence electrons. The Bertz CT molecular complexity index is 870. The van der Waals surface area contributed by atoms with E-state index >= 15 is 0 Å². The second-order valence-corrected chi connectivity index (χ2v) is 5.46. The van der Waals surface area contributed by atoms with Gasteiger partial charge in [0.15, 0.2) is 11.7 Å². The molecule has 2 aromatic carbocycles. The molecule has 0 saturated heterocycles. The molecule has 3 aromatic rings. The van der Waals surface area contributed by atoms with E-state index in [4.69, 9.17) is 14.4 Å². The smallest absolute Gasteiger partial charge is 0.267 e. The van der Waals surface area contributed by atoms with Crippen molar-refractivity contribution in [2.45, 2.75) is 6.42 Å². The van der Waals surface area contributed by atoms with Crippen LogP contribution >= 0.6 is 0 Å². The van der Waals surface area contributed by atoms with Crippen molar-refractivity contribution in [3.05, 3.63) is 78.3 Å². The maximum Gasteiger partial charge on any atom is 0.267 e. The predicted molar refractivity (Wildman–Crippen MR) is 96.5 cm³/mol. The molecular weight excluding hydrogens is 332 g/mol. The molecule has 1 heterocycles. The van der Waals surface area contributed by atoms with Crippen LogP contribution in [0, 0.1) is 0 Å². The Labute approximate surface area is 150 Å². The van der Waals surface area contributed by atoms with Gasteiger partial charge in [-0.1, -0.05) is 42.5 Å². The summed E-state index contributed by atoms with van der Waals surface area (Å²) in [4.78, 5) is 15.2. The zero-order chi connectivity index (χ0) is 18.2. The standard InChI is InChI=1S/C20H18N2O4/c23-19(22-24)11-8-15-6-9-16(10-7-15)18-14-21-20(26-18)12-13-25-17-4-2-1-3-5-17/h1-11,14,24H,12-13H2,(H,22,23)/b11-8+. The van der Waals surface area contributed by atoms with Crippen molar-refractivity contribution >= 4 is 12.0 Å². The van der Waals surface area contributed by atoms with Crippen molar-refractivity contribution in [3.63, 3.8) is 0 Å². The van der Waals surface area contributed by atoms with Crippen LogP contribution < -0.4 is 10.2 Å². The van der Waals surface area contributed by atoms with Gasteiger partial charge in [-0.2, -0.15) is 0 Å². The van der Waals surface area contributed by atoms with Gasteiger partial charge in [-0.3, -0.25) is 10.0 Å². The number of ether oxygens (including phenoxy) is 1. The van der Waals surface area contributed by atoms with E-state index in [1.54, 1.807) is 17.8 Å². The number of carbonyl (C=O) groups is 1. The average molecular weight is 350 g/mol. The summed E-state index contributed by atoms with van der Waals surface area (Å²) >= 11 is 0. The Hall–Kier alpha value is -3.38. The first-order valence-corrected chi connectivity index (χ1v) is 8.10. The highest BCUT2D eigenvalue weighted by atomic mass is 16.5. The number of nitrogens with zero attached hydrogens (tertiary/aromatic N) is 1. The summed E-state index contributed by atoms with van der Waals surface area (Å²) in [6, 6.07) is 17.0. The minimum absolute atomic E-state index is 0.487. The molecule has 3 rings (SSSR count). The van der Waals surface area contributed by atoms with Crippen molar-refractivity contribution in [2.24, 2.45) is 0 Å². The number of nitrogens with one attached hydrogen (secondary N) is 1. The van der Waals surface area contributed by atoms with E-state index in [2.05, 4.69) is 4.98 Å². The van der Waals surface area contributed by atoms with Gasteiger partial charge >= 0.3 is 0 Å². The summed E-state index contributed by atoms with van der Waals surface area (Å²) in [6.45, 7) is 0.487. The van der Waals surface area contributed by atoms with Gasteiger partial charge in [0.1, 0.15) is 5.75 Å². The molecule has 0 fully saturated rings. The SMILES string of the molecule is O=C(/C=C/c1ccc(-c2cnc(CCOc3ccccc3)o2)cc1)NO. The highest BCUT2D eigenvalue weighted by molar-refractivity contribution is 5.90. The quantitative estimate of drug-likeness (QED) is 0.387. The summed E-state index contributed by atoms with van der Waals surface area (Å²) in [5.41, 5.74) is 3.26. The molecule has 1 aromatic heterocycles. The Morgan fingerprint density at radius 1 is 1.15 bits per heavy atom. The highest BCUT2D eigenvalue weighted by Crippen LogP contribution is 2.21. The maximum absolute atomic E-state index is 11.0.